The number of aliphatic carboxylic acids is 1. The summed E-state index contributed by atoms with van der Waals surface area (Å²) < 4.78 is 0. The number of hydrogen-bond acceptors (Lipinski definition) is 2. The SMILES string of the molecule is CC(Cc1ccc(C(C)(C)C)cc1)CN(CC(=O)O)C(C)C. The van der Waals surface area contributed by atoms with Crippen molar-refractivity contribution in [3.63, 3.8) is 0 Å². The minimum atomic E-state index is -0.754. The highest BCUT2D eigenvalue weighted by molar-refractivity contribution is 5.69. The lowest BCUT2D eigenvalue weighted by Crippen LogP contribution is -2.39. The monoisotopic (exact) mass is 305 g/mol. The van der Waals surface area contributed by atoms with E-state index in [1.54, 1.807) is 0 Å². The lowest BCUT2D eigenvalue weighted by molar-refractivity contribution is -0.138. The van der Waals surface area contributed by atoms with Gasteiger partial charge in [0.15, 0.2) is 0 Å². The quantitative estimate of drug-likeness (QED) is 0.829. The number of carbonyl (C=O) groups is 1. The summed E-state index contributed by atoms with van der Waals surface area (Å²) in [6.07, 6.45) is 0.979. The van der Waals surface area contributed by atoms with E-state index in [0.29, 0.717) is 5.92 Å². The molecule has 124 valence electrons. The number of carboxylic acid groups (broad SMARTS) is 1. The number of nitrogens with zero attached hydrogens (tertiary/aromatic N) is 1. The van der Waals surface area contributed by atoms with Crippen LogP contribution in [0.5, 0.6) is 0 Å². The Balaban J connectivity index is 2.64. The molecule has 1 aromatic rings. The summed E-state index contributed by atoms with van der Waals surface area (Å²) >= 11 is 0. The topological polar surface area (TPSA) is 40.5 Å². The molecule has 0 bridgehead atoms. The third-order valence-corrected chi connectivity index (χ3v) is 4.02. The molecule has 22 heavy (non-hydrogen) atoms. The fourth-order valence-corrected chi connectivity index (χ4v) is 2.64. The van der Waals surface area contributed by atoms with E-state index in [0.717, 1.165) is 13.0 Å². The van der Waals surface area contributed by atoms with Crippen LogP contribution in [-0.4, -0.2) is 35.1 Å². The second-order valence-electron chi connectivity index (χ2n) is 7.67. The first kappa shape index (κ1) is 18.7. The zero-order valence-electron chi connectivity index (χ0n) is 14.9. The van der Waals surface area contributed by atoms with Crippen LogP contribution in [-0.2, 0) is 16.6 Å². The van der Waals surface area contributed by atoms with Gasteiger partial charge in [0.2, 0.25) is 0 Å². The van der Waals surface area contributed by atoms with Crippen molar-refractivity contribution in [3.05, 3.63) is 35.4 Å². The predicted molar refractivity (Wildman–Crippen MR) is 92.4 cm³/mol. The number of carboxylic acids is 1. The molecule has 0 fully saturated rings. The van der Waals surface area contributed by atoms with Crippen molar-refractivity contribution in [2.45, 2.75) is 59.4 Å². The van der Waals surface area contributed by atoms with E-state index < -0.39 is 5.97 Å². The smallest absolute Gasteiger partial charge is 0.317 e. The normalized spacial score (nSPS) is 13.6. The van der Waals surface area contributed by atoms with Crippen molar-refractivity contribution < 1.29 is 9.90 Å². The van der Waals surface area contributed by atoms with Gasteiger partial charge in [-0.2, -0.15) is 0 Å². The summed E-state index contributed by atoms with van der Waals surface area (Å²) in [5, 5.41) is 9.00. The Kier molecular flexibility index (Phi) is 6.61. The number of rotatable bonds is 7. The van der Waals surface area contributed by atoms with E-state index >= 15 is 0 Å². The van der Waals surface area contributed by atoms with Gasteiger partial charge in [-0.15, -0.1) is 0 Å². The van der Waals surface area contributed by atoms with Gasteiger partial charge in [-0.05, 0) is 42.7 Å². The van der Waals surface area contributed by atoms with Gasteiger partial charge >= 0.3 is 5.97 Å². The molecule has 1 unspecified atom stereocenters. The molecule has 0 spiro atoms. The Bertz CT molecular complexity index is 471. The molecule has 0 saturated carbocycles. The van der Waals surface area contributed by atoms with Gasteiger partial charge in [-0.1, -0.05) is 52.0 Å². The van der Waals surface area contributed by atoms with Crippen LogP contribution in [0.15, 0.2) is 24.3 Å². The largest absolute Gasteiger partial charge is 0.480 e. The van der Waals surface area contributed by atoms with E-state index in [9.17, 15) is 4.79 Å². The summed E-state index contributed by atoms with van der Waals surface area (Å²) in [4.78, 5) is 13.0. The Morgan fingerprint density at radius 3 is 2.09 bits per heavy atom. The summed E-state index contributed by atoms with van der Waals surface area (Å²) in [6.45, 7) is 13.9. The number of benzene rings is 1. The highest BCUT2D eigenvalue weighted by atomic mass is 16.4. The second-order valence-corrected chi connectivity index (χ2v) is 7.67. The molecule has 0 aliphatic carbocycles. The van der Waals surface area contributed by atoms with Gasteiger partial charge in [0.25, 0.3) is 0 Å². The van der Waals surface area contributed by atoms with Crippen molar-refractivity contribution in [1.82, 2.24) is 4.90 Å². The number of hydrogen-bond donors (Lipinski definition) is 1. The van der Waals surface area contributed by atoms with Crippen molar-refractivity contribution in [3.8, 4) is 0 Å². The average molecular weight is 305 g/mol. The first-order chi connectivity index (χ1) is 10.1. The predicted octanol–water partition coefficient (Wildman–Crippen LogP) is 3.96. The molecule has 0 aromatic heterocycles. The highest BCUT2D eigenvalue weighted by Gasteiger charge is 2.17. The minimum absolute atomic E-state index is 0.116. The van der Waals surface area contributed by atoms with Crippen LogP contribution in [0.3, 0.4) is 0 Å². The second kappa shape index (κ2) is 7.77. The zero-order chi connectivity index (χ0) is 16.9. The van der Waals surface area contributed by atoms with Gasteiger partial charge in [-0.3, -0.25) is 9.69 Å². The highest BCUT2D eigenvalue weighted by Crippen LogP contribution is 2.23. The molecule has 0 aliphatic rings. The maximum absolute atomic E-state index is 10.9. The van der Waals surface area contributed by atoms with Crippen LogP contribution >= 0.6 is 0 Å². The molecular weight excluding hydrogens is 274 g/mol. The average Bonchev–Trinajstić information content (AvgIpc) is 2.36. The van der Waals surface area contributed by atoms with E-state index in [2.05, 4.69) is 52.0 Å². The molecule has 0 heterocycles. The van der Waals surface area contributed by atoms with Gasteiger partial charge in [0, 0.05) is 12.6 Å². The maximum atomic E-state index is 10.9. The van der Waals surface area contributed by atoms with Crippen LogP contribution in [0.25, 0.3) is 0 Å². The Hall–Kier alpha value is -1.35. The first-order valence-electron chi connectivity index (χ1n) is 8.15. The molecule has 1 N–H and O–H groups in total. The standard InChI is InChI=1S/C19H31NO2/c1-14(2)20(13-18(21)22)12-15(3)11-16-7-9-17(10-8-16)19(4,5)6/h7-10,14-15H,11-13H2,1-6H3,(H,21,22). The van der Waals surface area contributed by atoms with E-state index in [1.807, 2.05) is 18.7 Å². The molecule has 1 aromatic carbocycles. The van der Waals surface area contributed by atoms with Crippen molar-refractivity contribution in [1.29, 1.82) is 0 Å². The lowest BCUT2D eigenvalue weighted by atomic mass is 9.86. The third kappa shape index (κ3) is 6.18. The van der Waals surface area contributed by atoms with Gasteiger partial charge in [-0.25, -0.2) is 0 Å². The fourth-order valence-electron chi connectivity index (χ4n) is 2.64. The summed E-state index contributed by atoms with van der Waals surface area (Å²) in [6, 6.07) is 9.07. The Labute approximate surface area is 135 Å². The van der Waals surface area contributed by atoms with Crippen LogP contribution in [0.2, 0.25) is 0 Å². The molecule has 1 rings (SSSR count). The van der Waals surface area contributed by atoms with Crippen LogP contribution in [0.4, 0.5) is 0 Å². The van der Waals surface area contributed by atoms with Crippen LogP contribution in [0, 0.1) is 5.92 Å². The summed E-state index contributed by atoms with van der Waals surface area (Å²) in [7, 11) is 0. The van der Waals surface area contributed by atoms with Gasteiger partial charge < -0.3 is 5.11 Å². The zero-order valence-corrected chi connectivity index (χ0v) is 14.9. The molecule has 3 nitrogen and oxygen atoms in total. The molecule has 0 radical (unpaired) electrons. The molecule has 3 heteroatoms. The molecule has 0 aliphatic heterocycles. The molecule has 0 amide bonds. The lowest BCUT2D eigenvalue weighted by Gasteiger charge is -2.28. The molecule has 1 atom stereocenters. The fraction of sp³-hybridized carbons (Fsp3) is 0.632. The van der Waals surface area contributed by atoms with Crippen LogP contribution < -0.4 is 0 Å². The van der Waals surface area contributed by atoms with Crippen molar-refractivity contribution >= 4 is 5.97 Å². The Morgan fingerprint density at radius 2 is 1.68 bits per heavy atom. The van der Waals surface area contributed by atoms with Gasteiger partial charge in [0.1, 0.15) is 0 Å². The molecular formula is C19H31NO2. The minimum Gasteiger partial charge on any atom is -0.480 e. The van der Waals surface area contributed by atoms with E-state index in [-0.39, 0.29) is 18.0 Å². The third-order valence-electron chi connectivity index (χ3n) is 4.02. The van der Waals surface area contributed by atoms with Crippen molar-refractivity contribution in [2.75, 3.05) is 13.1 Å². The summed E-state index contributed by atoms with van der Waals surface area (Å²) in [5.74, 6) is -0.322. The van der Waals surface area contributed by atoms with E-state index in [4.69, 9.17) is 5.11 Å². The Morgan fingerprint density at radius 1 is 1.14 bits per heavy atom. The molecule has 0 saturated heterocycles. The van der Waals surface area contributed by atoms with E-state index in [1.165, 1.54) is 11.1 Å². The first-order valence-corrected chi connectivity index (χ1v) is 8.15. The van der Waals surface area contributed by atoms with Crippen molar-refractivity contribution in [2.24, 2.45) is 5.92 Å². The summed E-state index contributed by atoms with van der Waals surface area (Å²) in [5.41, 5.74) is 2.85. The van der Waals surface area contributed by atoms with Gasteiger partial charge in [0.05, 0.1) is 6.54 Å². The maximum Gasteiger partial charge on any atom is 0.317 e. The van der Waals surface area contributed by atoms with Crippen LogP contribution in [0.1, 0.15) is 52.7 Å².